The molecule has 1 amide bonds. The van der Waals surface area contributed by atoms with Crippen molar-refractivity contribution < 1.29 is 23.1 Å². The molecule has 6 heteroatoms. The molecular weight excluding hydrogens is 280 g/mol. The molecule has 1 rings (SSSR count). The first-order chi connectivity index (χ1) is 9.95. The highest BCUT2D eigenvalue weighted by molar-refractivity contribution is 5.87. The second-order valence-corrected chi connectivity index (χ2v) is 4.00. The molecular formula is C15H15F2NO3. The van der Waals surface area contributed by atoms with Crippen molar-refractivity contribution in [3.8, 4) is 0 Å². The second kappa shape index (κ2) is 7.94. The van der Waals surface area contributed by atoms with Crippen LogP contribution in [-0.4, -0.2) is 31.5 Å². The summed E-state index contributed by atoms with van der Waals surface area (Å²) in [5.41, 5.74) is 0.565. The average molecular weight is 295 g/mol. The Morgan fingerprint density at radius 3 is 2.57 bits per heavy atom. The zero-order valence-corrected chi connectivity index (χ0v) is 11.4. The normalized spacial score (nSPS) is 11.8. The van der Waals surface area contributed by atoms with Gasteiger partial charge in [0.05, 0.1) is 7.11 Å². The van der Waals surface area contributed by atoms with Crippen molar-refractivity contribution in [1.82, 2.24) is 5.32 Å². The molecule has 0 heterocycles. The Labute approximate surface area is 121 Å². The smallest absolute Gasteiger partial charge is 0.343 e. The molecule has 0 aromatic heterocycles. The van der Waals surface area contributed by atoms with Gasteiger partial charge in [-0.2, -0.15) is 8.78 Å². The second-order valence-electron chi connectivity index (χ2n) is 4.00. The lowest BCUT2D eigenvalue weighted by atomic mass is 10.2. The van der Waals surface area contributed by atoms with Crippen LogP contribution in [-0.2, 0) is 14.3 Å². The van der Waals surface area contributed by atoms with Gasteiger partial charge in [-0.3, -0.25) is 4.79 Å². The van der Waals surface area contributed by atoms with Crippen LogP contribution in [0.25, 0.3) is 6.08 Å². The highest BCUT2D eigenvalue weighted by Gasteiger charge is 2.34. The monoisotopic (exact) mass is 295 g/mol. The molecule has 0 saturated heterocycles. The first-order valence-electron chi connectivity index (χ1n) is 6.10. The first kappa shape index (κ1) is 16.6. The van der Waals surface area contributed by atoms with E-state index >= 15 is 0 Å². The number of hydrogen-bond donors (Lipinski definition) is 1. The van der Waals surface area contributed by atoms with Crippen LogP contribution in [0.2, 0.25) is 0 Å². The summed E-state index contributed by atoms with van der Waals surface area (Å²) in [7, 11) is 1.19. The number of carbonyl (C=O) groups is 2. The summed E-state index contributed by atoms with van der Waals surface area (Å²) >= 11 is 0. The number of carbonyl (C=O) groups excluding carboxylic acids is 2. The molecule has 4 nitrogen and oxygen atoms in total. The topological polar surface area (TPSA) is 55.4 Å². The van der Waals surface area contributed by atoms with Crippen molar-refractivity contribution in [1.29, 1.82) is 0 Å². The standard InChI is InChI=1S/C15H15F2NO3/c1-21-13(19)8-5-11-18-14(20)15(16,17)10-9-12-6-3-2-4-7-12/h2-10H,11H2,1H3,(H,18,20)/b8-5+,10-9+. The van der Waals surface area contributed by atoms with Crippen LogP contribution in [0.1, 0.15) is 5.56 Å². The summed E-state index contributed by atoms with van der Waals surface area (Å²) in [6.45, 7) is -0.192. The zero-order valence-electron chi connectivity index (χ0n) is 11.4. The lowest BCUT2D eigenvalue weighted by Gasteiger charge is -2.10. The molecule has 0 aliphatic carbocycles. The molecule has 0 spiro atoms. The lowest BCUT2D eigenvalue weighted by molar-refractivity contribution is -0.139. The summed E-state index contributed by atoms with van der Waals surface area (Å²) < 4.78 is 31.4. The third-order valence-electron chi connectivity index (χ3n) is 2.42. The summed E-state index contributed by atoms with van der Waals surface area (Å²) in [4.78, 5) is 22.1. The van der Waals surface area contributed by atoms with Crippen LogP contribution in [0.5, 0.6) is 0 Å². The van der Waals surface area contributed by atoms with Crippen LogP contribution < -0.4 is 5.32 Å². The maximum atomic E-state index is 13.5. The number of amides is 1. The van der Waals surface area contributed by atoms with Gasteiger partial charge in [0, 0.05) is 12.6 Å². The third kappa shape index (κ3) is 5.99. The van der Waals surface area contributed by atoms with E-state index in [1.807, 2.05) is 5.32 Å². The summed E-state index contributed by atoms with van der Waals surface area (Å²) in [5.74, 6) is -5.70. The van der Waals surface area contributed by atoms with Crippen molar-refractivity contribution in [3.63, 3.8) is 0 Å². The Hall–Kier alpha value is -2.50. The number of methoxy groups -OCH3 is 1. The van der Waals surface area contributed by atoms with Gasteiger partial charge in [0.1, 0.15) is 0 Å². The van der Waals surface area contributed by atoms with Crippen molar-refractivity contribution in [2.24, 2.45) is 0 Å². The summed E-state index contributed by atoms with van der Waals surface area (Å²) in [6.07, 6.45) is 3.96. The van der Waals surface area contributed by atoms with E-state index in [0.29, 0.717) is 11.6 Å². The number of halogens is 2. The molecule has 0 atom stereocenters. The first-order valence-corrected chi connectivity index (χ1v) is 6.10. The summed E-state index contributed by atoms with van der Waals surface area (Å²) in [6, 6.07) is 8.45. The number of ether oxygens (including phenoxy) is 1. The Morgan fingerprint density at radius 1 is 1.29 bits per heavy atom. The van der Waals surface area contributed by atoms with Crippen molar-refractivity contribution >= 4 is 18.0 Å². The van der Waals surface area contributed by atoms with E-state index in [2.05, 4.69) is 4.74 Å². The van der Waals surface area contributed by atoms with E-state index in [4.69, 9.17) is 0 Å². The van der Waals surface area contributed by atoms with Gasteiger partial charge < -0.3 is 10.1 Å². The van der Waals surface area contributed by atoms with Crippen molar-refractivity contribution in [3.05, 3.63) is 54.1 Å². The highest BCUT2D eigenvalue weighted by Crippen LogP contribution is 2.17. The van der Waals surface area contributed by atoms with Crippen LogP contribution in [0, 0.1) is 0 Å². The average Bonchev–Trinajstić information content (AvgIpc) is 2.50. The van der Waals surface area contributed by atoms with Crippen LogP contribution in [0.3, 0.4) is 0 Å². The number of hydrogen-bond acceptors (Lipinski definition) is 3. The predicted molar refractivity (Wildman–Crippen MR) is 74.6 cm³/mol. The van der Waals surface area contributed by atoms with Crippen LogP contribution >= 0.6 is 0 Å². The quantitative estimate of drug-likeness (QED) is 0.646. The van der Waals surface area contributed by atoms with Gasteiger partial charge in [-0.1, -0.05) is 42.5 Å². The number of rotatable bonds is 6. The van der Waals surface area contributed by atoms with Crippen LogP contribution in [0.15, 0.2) is 48.6 Å². The van der Waals surface area contributed by atoms with Crippen molar-refractivity contribution in [2.45, 2.75) is 5.92 Å². The van der Waals surface area contributed by atoms with E-state index in [0.717, 1.165) is 6.08 Å². The van der Waals surface area contributed by atoms with Gasteiger partial charge in [0.15, 0.2) is 0 Å². The highest BCUT2D eigenvalue weighted by atomic mass is 19.3. The van der Waals surface area contributed by atoms with Crippen LogP contribution in [0.4, 0.5) is 8.78 Å². The van der Waals surface area contributed by atoms with Gasteiger partial charge >= 0.3 is 11.9 Å². The van der Waals surface area contributed by atoms with E-state index in [-0.39, 0.29) is 6.54 Å². The van der Waals surface area contributed by atoms with Gasteiger partial charge in [-0.25, -0.2) is 4.79 Å². The van der Waals surface area contributed by atoms with Gasteiger partial charge in [-0.15, -0.1) is 0 Å². The number of benzene rings is 1. The molecule has 0 aliphatic heterocycles. The number of nitrogens with one attached hydrogen (secondary N) is 1. The Morgan fingerprint density at radius 2 is 1.95 bits per heavy atom. The van der Waals surface area contributed by atoms with E-state index in [1.54, 1.807) is 30.3 Å². The third-order valence-corrected chi connectivity index (χ3v) is 2.42. The van der Waals surface area contributed by atoms with E-state index in [1.165, 1.54) is 19.3 Å². The van der Waals surface area contributed by atoms with Gasteiger partial charge in [0.25, 0.3) is 5.91 Å². The maximum absolute atomic E-state index is 13.5. The molecule has 0 saturated carbocycles. The molecule has 1 aromatic carbocycles. The largest absolute Gasteiger partial charge is 0.466 e. The molecule has 0 fully saturated rings. The number of alkyl halides is 2. The molecule has 21 heavy (non-hydrogen) atoms. The maximum Gasteiger partial charge on any atom is 0.343 e. The zero-order chi connectivity index (χ0) is 15.7. The lowest BCUT2D eigenvalue weighted by Crippen LogP contribution is -2.38. The fraction of sp³-hybridized carbons (Fsp3) is 0.200. The molecule has 0 aliphatic rings. The Balaban J connectivity index is 2.53. The SMILES string of the molecule is COC(=O)/C=C/CNC(=O)C(F)(F)/C=C/c1ccccc1. The minimum absolute atomic E-state index is 0.192. The van der Waals surface area contributed by atoms with E-state index in [9.17, 15) is 18.4 Å². The molecule has 0 radical (unpaired) electrons. The predicted octanol–water partition coefficient (Wildman–Crippen LogP) is 2.18. The molecule has 1 N–H and O–H groups in total. The molecule has 0 bridgehead atoms. The van der Waals surface area contributed by atoms with E-state index < -0.39 is 17.8 Å². The molecule has 112 valence electrons. The fourth-order valence-electron chi connectivity index (χ4n) is 1.33. The van der Waals surface area contributed by atoms with Gasteiger partial charge in [-0.05, 0) is 11.6 Å². The minimum Gasteiger partial charge on any atom is -0.466 e. The van der Waals surface area contributed by atoms with Crippen molar-refractivity contribution in [2.75, 3.05) is 13.7 Å². The minimum atomic E-state index is -3.63. The summed E-state index contributed by atoms with van der Waals surface area (Å²) in [5, 5.41) is 2.00. The molecule has 0 unspecified atom stereocenters. The Kier molecular flexibility index (Phi) is 6.26. The number of esters is 1. The molecule has 1 aromatic rings. The fourth-order valence-corrected chi connectivity index (χ4v) is 1.33. The Bertz CT molecular complexity index is 539. The van der Waals surface area contributed by atoms with Gasteiger partial charge in [0.2, 0.25) is 0 Å².